The van der Waals surface area contributed by atoms with Crippen LogP contribution in [0.4, 0.5) is 0 Å². The molecule has 0 saturated heterocycles. The predicted octanol–water partition coefficient (Wildman–Crippen LogP) is 0.696. The zero-order chi connectivity index (χ0) is 9.84. The molecule has 0 saturated carbocycles. The zero-order valence-electron chi connectivity index (χ0n) is 7.79. The molecule has 0 aromatic rings. The maximum Gasteiger partial charge on any atom is 0.244 e. The number of ether oxygens (including phenoxy) is 2. The van der Waals surface area contributed by atoms with Gasteiger partial charge < -0.3 is 15.2 Å². The van der Waals surface area contributed by atoms with Crippen LogP contribution in [0, 0.1) is 0 Å². The summed E-state index contributed by atoms with van der Waals surface area (Å²) in [5.41, 5.74) is 5.53. The standard InChI is InChI=1S/C9H13NO3/c1-6(9(10)11)5-8-7(2)12-3-4-13-8/h5H,3-4H2,1-2H3,(H2,10,11)/b6-5+. The van der Waals surface area contributed by atoms with Gasteiger partial charge in [0.1, 0.15) is 19.0 Å². The number of amides is 1. The van der Waals surface area contributed by atoms with Gasteiger partial charge in [0.05, 0.1) is 0 Å². The number of rotatable bonds is 2. The van der Waals surface area contributed by atoms with Crippen molar-refractivity contribution in [1.82, 2.24) is 0 Å². The lowest BCUT2D eigenvalue weighted by Crippen LogP contribution is -2.15. The van der Waals surface area contributed by atoms with Crippen LogP contribution in [0.5, 0.6) is 0 Å². The van der Waals surface area contributed by atoms with Crippen LogP contribution in [0.15, 0.2) is 23.2 Å². The molecule has 0 spiro atoms. The first-order valence-corrected chi connectivity index (χ1v) is 4.06. The van der Waals surface area contributed by atoms with Crippen molar-refractivity contribution < 1.29 is 14.3 Å². The molecule has 0 fully saturated rings. The number of carbonyl (C=O) groups is 1. The first-order valence-electron chi connectivity index (χ1n) is 4.06. The summed E-state index contributed by atoms with van der Waals surface area (Å²) in [7, 11) is 0. The Morgan fingerprint density at radius 1 is 1.46 bits per heavy atom. The third-order valence-corrected chi connectivity index (χ3v) is 1.74. The third kappa shape index (κ3) is 2.50. The van der Waals surface area contributed by atoms with Gasteiger partial charge in [0, 0.05) is 5.57 Å². The molecule has 0 aliphatic carbocycles. The summed E-state index contributed by atoms with van der Waals surface area (Å²) in [6.45, 7) is 4.49. The Bertz CT molecular complexity index is 279. The minimum Gasteiger partial charge on any atom is -0.491 e. The summed E-state index contributed by atoms with van der Waals surface area (Å²) in [4.78, 5) is 10.7. The van der Waals surface area contributed by atoms with Gasteiger partial charge in [0.25, 0.3) is 0 Å². The van der Waals surface area contributed by atoms with Gasteiger partial charge in [-0.05, 0) is 19.9 Å². The van der Waals surface area contributed by atoms with E-state index in [1.165, 1.54) is 0 Å². The molecule has 0 unspecified atom stereocenters. The Labute approximate surface area is 77.0 Å². The quantitative estimate of drug-likeness (QED) is 0.641. The highest BCUT2D eigenvalue weighted by Crippen LogP contribution is 2.15. The van der Waals surface area contributed by atoms with E-state index in [1.807, 2.05) is 0 Å². The van der Waals surface area contributed by atoms with Crippen LogP contribution in [-0.4, -0.2) is 19.1 Å². The van der Waals surface area contributed by atoms with E-state index in [9.17, 15) is 4.79 Å². The smallest absolute Gasteiger partial charge is 0.244 e. The van der Waals surface area contributed by atoms with Crippen LogP contribution in [0.3, 0.4) is 0 Å². The van der Waals surface area contributed by atoms with Crippen molar-refractivity contribution >= 4 is 5.91 Å². The van der Waals surface area contributed by atoms with E-state index >= 15 is 0 Å². The Balaban J connectivity index is 2.82. The SMILES string of the molecule is CC1=C(/C=C(\C)C(N)=O)OCCO1. The fourth-order valence-corrected chi connectivity index (χ4v) is 0.930. The largest absolute Gasteiger partial charge is 0.491 e. The molecule has 13 heavy (non-hydrogen) atoms. The molecular formula is C9H13NO3. The first kappa shape index (κ1) is 9.64. The van der Waals surface area contributed by atoms with E-state index < -0.39 is 5.91 Å². The highest BCUT2D eigenvalue weighted by atomic mass is 16.6. The summed E-state index contributed by atoms with van der Waals surface area (Å²) in [6, 6.07) is 0. The predicted molar refractivity (Wildman–Crippen MR) is 47.6 cm³/mol. The maximum absolute atomic E-state index is 10.7. The van der Waals surface area contributed by atoms with Gasteiger partial charge >= 0.3 is 0 Å². The lowest BCUT2D eigenvalue weighted by atomic mass is 10.2. The summed E-state index contributed by atoms with van der Waals surface area (Å²) < 4.78 is 10.5. The Hall–Kier alpha value is -1.45. The molecule has 0 bridgehead atoms. The second-order valence-corrected chi connectivity index (χ2v) is 2.81. The molecule has 1 amide bonds. The lowest BCUT2D eigenvalue weighted by molar-refractivity contribution is -0.114. The highest BCUT2D eigenvalue weighted by molar-refractivity contribution is 5.91. The minimum absolute atomic E-state index is 0.450. The molecule has 0 aromatic heterocycles. The van der Waals surface area contributed by atoms with Crippen LogP contribution in [0.2, 0.25) is 0 Å². The van der Waals surface area contributed by atoms with Gasteiger partial charge in [-0.3, -0.25) is 4.79 Å². The lowest BCUT2D eigenvalue weighted by Gasteiger charge is -2.17. The summed E-state index contributed by atoms with van der Waals surface area (Å²) in [5.74, 6) is 0.823. The maximum atomic E-state index is 10.7. The number of allylic oxidation sites excluding steroid dienone is 2. The van der Waals surface area contributed by atoms with E-state index in [0.29, 0.717) is 30.3 Å². The number of nitrogens with two attached hydrogens (primary N) is 1. The van der Waals surface area contributed by atoms with Crippen molar-refractivity contribution in [1.29, 1.82) is 0 Å². The van der Waals surface area contributed by atoms with Crippen molar-refractivity contribution in [2.24, 2.45) is 5.73 Å². The molecule has 4 heteroatoms. The summed E-state index contributed by atoms with van der Waals surface area (Å²) in [6.07, 6.45) is 1.59. The Morgan fingerprint density at radius 3 is 2.62 bits per heavy atom. The van der Waals surface area contributed by atoms with Crippen molar-refractivity contribution in [3.8, 4) is 0 Å². The van der Waals surface area contributed by atoms with E-state index in [2.05, 4.69) is 0 Å². The fourth-order valence-electron chi connectivity index (χ4n) is 0.930. The van der Waals surface area contributed by atoms with E-state index in [1.54, 1.807) is 19.9 Å². The number of carbonyl (C=O) groups excluding carboxylic acids is 1. The van der Waals surface area contributed by atoms with Crippen molar-refractivity contribution in [2.75, 3.05) is 13.2 Å². The molecule has 1 rings (SSSR count). The van der Waals surface area contributed by atoms with Gasteiger partial charge in [-0.1, -0.05) is 0 Å². The summed E-state index contributed by atoms with van der Waals surface area (Å²) >= 11 is 0. The number of hydrogen-bond donors (Lipinski definition) is 1. The Kier molecular flexibility index (Phi) is 2.95. The third-order valence-electron chi connectivity index (χ3n) is 1.74. The molecule has 4 nitrogen and oxygen atoms in total. The fraction of sp³-hybridized carbons (Fsp3) is 0.444. The normalized spacial score (nSPS) is 17.8. The second kappa shape index (κ2) is 3.98. The van der Waals surface area contributed by atoms with Crippen LogP contribution >= 0.6 is 0 Å². The zero-order valence-corrected chi connectivity index (χ0v) is 7.79. The molecule has 0 atom stereocenters. The number of hydrogen-bond acceptors (Lipinski definition) is 3. The first-order chi connectivity index (χ1) is 6.11. The Morgan fingerprint density at radius 2 is 2.08 bits per heavy atom. The van der Waals surface area contributed by atoms with E-state index in [-0.39, 0.29) is 0 Å². The topological polar surface area (TPSA) is 61.6 Å². The van der Waals surface area contributed by atoms with Gasteiger partial charge in [0.15, 0.2) is 5.76 Å². The van der Waals surface area contributed by atoms with Crippen LogP contribution < -0.4 is 5.73 Å². The molecular weight excluding hydrogens is 170 g/mol. The molecule has 72 valence electrons. The van der Waals surface area contributed by atoms with Crippen molar-refractivity contribution in [2.45, 2.75) is 13.8 Å². The van der Waals surface area contributed by atoms with Gasteiger partial charge in [0.2, 0.25) is 5.91 Å². The minimum atomic E-state index is -0.450. The molecule has 1 heterocycles. The van der Waals surface area contributed by atoms with Crippen LogP contribution in [0.25, 0.3) is 0 Å². The van der Waals surface area contributed by atoms with Crippen LogP contribution in [0.1, 0.15) is 13.8 Å². The van der Waals surface area contributed by atoms with Gasteiger partial charge in [-0.2, -0.15) is 0 Å². The monoisotopic (exact) mass is 183 g/mol. The van der Waals surface area contributed by atoms with E-state index in [0.717, 1.165) is 0 Å². The second-order valence-electron chi connectivity index (χ2n) is 2.81. The average Bonchev–Trinajstić information content (AvgIpc) is 2.08. The highest BCUT2D eigenvalue weighted by Gasteiger charge is 2.10. The van der Waals surface area contributed by atoms with E-state index in [4.69, 9.17) is 15.2 Å². The molecule has 1 aliphatic heterocycles. The summed E-state index contributed by atoms with van der Waals surface area (Å²) in [5, 5.41) is 0. The van der Waals surface area contributed by atoms with Crippen molar-refractivity contribution in [3.05, 3.63) is 23.2 Å². The van der Waals surface area contributed by atoms with Gasteiger partial charge in [-0.15, -0.1) is 0 Å². The average molecular weight is 183 g/mol. The van der Waals surface area contributed by atoms with Crippen molar-refractivity contribution in [3.63, 3.8) is 0 Å². The molecule has 1 aliphatic rings. The molecule has 0 radical (unpaired) electrons. The molecule has 2 N–H and O–H groups in total. The van der Waals surface area contributed by atoms with Crippen LogP contribution in [-0.2, 0) is 14.3 Å². The molecule has 0 aromatic carbocycles. The number of primary amides is 1. The van der Waals surface area contributed by atoms with Gasteiger partial charge in [-0.25, -0.2) is 0 Å².